The number of hydrogen-bond acceptors (Lipinski definition) is 3. The lowest BCUT2D eigenvalue weighted by Crippen LogP contribution is -2.27. The third-order valence-electron chi connectivity index (χ3n) is 4.43. The van der Waals surface area contributed by atoms with Crippen molar-refractivity contribution in [2.75, 3.05) is 11.4 Å². The van der Waals surface area contributed by atoms with E-state index in [1.54, 1.807) is 55.6 Å². The Balaban J connectivity index is 2.26. The zero-order valence-electron chi connectivity index (χ0n) is 15.9. The molecular formula is C22H23NO3S. The maximum absolute atomic E-state index is 13.6. The molecule has 5 heteroatoms. The molecule has 0 heterocycles. The smallest absolute Gasteiger partial charge is 0.268 e. The van der Waals surface area contributed by atoms with Gasteiger partial charge in [0.05, 0.1) is 23.4 Å². The Labute approximate surface area is 161 Å². The lowest BCUT2D eigenvalue weighted by molar-refractivity contribution is 0.415. The Morgan fingerprint density at radius 2 is 1.48 bits per heavy atom. The van der Waals surface area contributed by atoms with Crippen LogP contribution in [0.2, 0.25) is 0 Å². The molecule has 3 rings (SSSR count). The second kappa shape index (κ2) is 7.45. The fraction of sp³-hybridized carbons (Fsp3) is 0.182. The Bertz CT molecular complexity index is 1060. The van der Waals surface area contributed by atoms with Crippen LogP contribution in [0.25, 0.3) is 0 Å². The molecule has 27 heavy (non-hydrogen) atoms. The van der Waals surface area contributed by atoms with Crippen LogP contribution in [0.3, 0.4) is 0 Å². The number of sulfonamides is 1. The highest BCUT2D eigenvalue weighted by Crippen LogP contribution is 2.36. The van der Waals surface area contributed by atoms with E-state index in [0.29, 0.717) is 17.1 Å². The van der Waals surface area contributed by atoms with Crippen molar-refractivity contribution in [3.63, 3.8) is 0 Å². The normalized spacial score (nSPS) is 11.3. The predicted octanol–water partition coefficient (Wildman–Crippen LogP) is 5.15. The van der Waals surface area contributed by atoms with Gasteiger partial charge in [-0.1, -0.05) is 35.9 Å². The zero-order valence-corrected chi connectivity index (χ0v) is 16.7. The van der Waals surface area contributed by atoms with Crippen molar-refractivity contribution in [2.45, 2.75) is 25.7 Å². The fourth-order valence-corrected chi connectivity index (χ4v) is 4.44. The van der Waals surface area contributed by atoms with Crippen LogP contribution in [0.15, 0.2) is 71.6 Å². The van der Waals surface area contributed by atoms with Gasteiger partial charge >= 0.3 is 0 Å². The SMILES string of the molecule is COc1cccc(N(c2cc(C)ccc2C)S(=O)(=O)c2ccc(C)cc2)c1. The Morgan fingerprint density at radius 3 is 2.15 bits per heavy atom. The summed E-state index contributed by atoms with van der Waals surface area (Å²) in [6.07, 6.45) is 0. The van der Waals surface area contributed by atoms with Crippen LogP contribution in [0, 0.1) is 20.8 Å². The predicted molar refractivity (Wildman–Crippen MR) is 109 cm³/mol. The van der Waals surface area contributed by atoms with E-state index >= 15 is 0 Å². The molecule has 0 bridgehead atoms. The zero-order chi connectivity index (χ0) is 19.6. The van der Waals surface area contributed by atoms with Crippen LogP contribution in [-0.4, -0.2) is 15.5 Å². The van der Waals surface area contributed by atoms with Crippen LogP contribution in [0.1, 0.15) is 16.7 Å². The van der Waals surface area contributed by atoms with Crippen molar-refractivity contribution >= 4 is 21.4 Å². The molecule has 0 fully saturated rings. The molecule has 4 nitrogen and oxygen atoms in total. The monoisotopic (exact) mass is 381 g/mol. The maximum Gasteiger partial charge on any atom is 0.268 e. The number of methoxy groups -OCH3 is 1. The number of aryl methyl sites for hydroxylation is 3. The Hall–Kier alpha value is -2.79. The van der Waals surface area contributed by atoms with Gasteiger partial charge < -0.3 is 4.74 Å². The second-order valence-electron chi connectivity index (χ2n) is 6.57. The number of benzene rings is 3. The average molecular weight is 381 g/mol. The summed E-state index contributed by atoms with van der Waals surface area (Å²) in [5.74, 6) is 0.599. The van der Waals surface area contributed by atoms with Gasteiger partial charge in [0.15, 0.2) is 0 Å². The first kappa shape index (κ1) is 19.0. The molecule has 0 aliphatic heterocycles. The van der Waals surface area contributed by atoms with Gasteiger partial charge in [-0.2, -0.15) is 0 Å². The van der Waals surface area contributed by atoms with Gasteiger partial charge in [0.25, 0.3) is 10.0 Å². The van der Waals surface area contributed by atoms with Gasteiger partial charge in [0.1, 0.15) is 5.75 Å². The minimum atomic E-state index is -3.81. The number of ether oxygens (including phenoxy) is 1. The van der Waals surface area contributed by atoms with Crippen molar-refractivity contribution in [1.29, 1.82) is 0 Å². The van der Waals surface area contributed by atoms with E-state index in [9.17, 15) is 8.42 Å². The number of rotatable bonds is 5. The van der Waals surface area contributed by atoms with Crippen molar-refractivity contribution in [1.82, 2.24) is 0 Å². The quantitative estimate of drug-likeness (QED) is 0.614. The van der Waals surface area contributed by atoms with Gasteiger partial charge in [-0.15, -0.1) is 0 Å². The molecule has 0 N–H and O–H groups in total. The summed E-state index contributed by atoms with van der Waals surface area (Å²) in [4.78, 5) is 0.247. The molecule has 0 atom stereocenters. The summed E-state index contributed by atoms with van der Waals surface area (Å²) in [5, 5.41) is 0. The molecule has 0 aliphatic carbocycles. The molecule has 0 saturated heterocycles. The van der Waals surface area contributed by atoms with Gasteiger partial charge in [-0.05, 0) is 62.2 Å². The summed E-state index contributed by atoms with van der Waals surface area (Å²) in [6, 6.07) is 19.8. The lowest BCUT2D eigenvalue weighted by Gasteiger charge is -2.27. The Morgan fingerprint density at radius 1 is 0.815 bits per heavy atom. The standard InChI is InChI=1S/C22H23NO3S/c1-16-9-12-21(13-10-16)27(24,25)23(19-6-5-7-20(15-19)26-4)22-14-17(2)8-11-18(22)3/h5-15H,1-4H3. The highest BCUT2D eigenvalue weighted by molar-refractivity contribution is 7.93. The highest BCUT2D eigenvalue weighted by atomic mass is 32.2. The van der Waals surface area contributed by atoms with E-state index in [-0.39, 0.29) is 4.90 Å². The summed E-state index contributed by atoms with van der Waals surface area (Å²) in [5.41, 5.74) is 4.03. The molecule has 0 unspecified atom stereocenters. The van der Waals surface area contributed by atoms with Gasteiger partial charge in [0.2, 0.25) is 0 Å². The first-order valence-corrected chi connectivity index (χ1v) is 10.1. The van der Waals surface area contributed by atoms with E-state index in [4.69, 9.17) is 4.74 Å². The van der Waals surface area contributed by atoms with Crippen molar-refractivity contribution in [3.8, 4) is 5.75 Å². The van der Waals surface area contributed by atoms with Gasteiger partial charge in [0, 0.05) is 6.07 Å². The summed E-state index contributed by atoms with van der Waals surface area (Å²) >= 11 is 0. The van der Waals surface area contributed by atoms with E-state index in [2.05, 4.69) is 0 Å². The molecule has 3 aromatic carbocycles. The van der Waals surface area contributed by atoms with Gasteiger partial charge in [-0.3, -0.25) is 0 Å². The first-order chi connectivity index (χ1) is 12.8. The summed E-state index contributed by atoms with van der Waals surface area (Å²) in [7, 11) is -2.25. The average Bonchev–Trinajstić information content (AvgIpc) is 2.65. The minimum Gasteiger partial charge on any atom is -0.497 e. The molecule has 0 spiro atoms. The lowest BCUT2D eigenvalue weighted by atomic mass is 10.1. The molecule has 0 amide bonds. The van der Waals surface area contributed by atoms with Crippen LogP contribution in [-0.2, 0) is 10.0 Å². The van der Waals surface area contributed by atoms with Crippen LogP contribution in [0.4, 0.5) is 11.4 Å². The molecule has 0 aliphatic rings. The van der Waals surface area contributed by atoms with Crippen molar-refractivity contribution < 1.29 is 13.2 Å². The number of hydrogen-bond donors (Lipinski definition) is 0. The molecule has 0 aromatic heterocycles. The summed E-state index contributed by atoms with van der Waals surface area (Å²) < 4.78 is 33.9. The Kier molecular flexibility index (Phi) is 5.24. The number of anilines is 2. The van der Waals surface area contributed by atoms with E-state index in [1.165, 1.54) is 4.31 Å². The van der Waals surface area contributed by atoms with E-state index < -0.39 is 10.0 Å². The first-order valence-electron chi connectivity index (χ1n) is 8.66. The summed E-state index contributed by atoms with van der Waals surface area (Å²) in [6.45, 7) is 5.79. The fourth-order valence-electron chi connectivity index (χ4n) is 2.90. The third kappa shape index (κ3) is 3.83. The van der Waals surface area contributed by atoms with Crippen molar-refractivity contribution in [3.05, 3.63) is 83.4 Å². The van der Waals surface area contributed by atoms with Crippen LogP contribution in [0.5, 0.6) is 5.75 Å². The third-order valence-corrected chi connectivity index (χ3v) is 6.19. The van der Waals surface area contributed by atoms with E-state index in [0.717, 1.165) is 16.7 Å². The van der Waals surface area contributed by atoms with Crippen molar-refractivity contribution in [2.24, 2.45) is 0 Å². The minimum absolute atomic E-state index is 0.247. The van der Waals surface area contributed by atoms with E-state index in [1.807, 2.05) is 39.0 Å². The topological polar surface area (TPSA) is 46.6 Å². The second-order valence-corrected chi connectivity index (χ2v) is 8.36. The molecular weight excluding hydrogens is 358 g/mol. The molecule has 0 radical (unpaired) electrons. The molecule has 3 aromatic rings. The molecule has 0 saturated carbocycles. The van der Waals surface area contributed by atoms with Crippen LogP contribution < -0.4 is 9.04 Å². The largest absolute Gasteiger partial charge is 0.497 e. The van der Waals surface area contributed by atoms with Gasteiger partial charge in [-0.25, -0.2) is 12.7 Å². The van der Waals surface area contributed by atoms with Crippen LogP contribution >= 0.6 is 0 Å². The maximum atomic E-state index is 13.6. The molecule has 140 valence electrons. The highest BCUT2D eigenvalue weighted by Gasteiger charge is 2.28. The number of nitrogens with zero attached hydrogens (tertiary/aromatic N) is 1.